The van der Waals surface area contributed by atoms with Crippen molar-refractivity contribution in [2.75, 3.05) is 39.3 Å². The first-order valence-corrected chi connectivity index (χ1v) is 9.98. The van der Waals surface area contributed by atoms with Gasteiger partial charge in [-0.2, -0.15) is 0 Å². The Morgan fingerprint density at radius 2 is 1.69 bits per heavy atom. The van der Waals surface area contributed by atoms with E-state index in [4.69, 9.17) is 10.5 Å². The molecule has 2 saturated heterocycles. The SMILES string of the molecule is CC1(N)CCCCC1C(=O)N1CCC(OCCN2CCCC2)CC1.Cl.Cl. The Hall–Kier alpha value is -0.0700. The molecular formula is C19H37Cl2N3O2. The fraction of sp³-hybridized carbons (Fsp3) is 0.947. The van der Waals surface area contributed by atoms with Crippen molar-refractivity contribution in [3.05, 3.63) is 0 Å². The van der Waals surface area contributed by atoms with Crippen LogP contribution >= 0.6 is 24.8 Å². The molecule has 0 spiro atoms. The molecule has 3 rings (SSSR count). The van der Waals surface area contributed by atoms with Gasteiger partial charge in [-0.1, -0.05) is 12.8 Å². The number of amides is 1. The zero-order valence-electron chi connectivity index (χ0n) is 16.2. The van der Waals surface area contributed by atoms with E-state index in [0.29, 0.717) is 6.10 Å². The summed E-state index contributed by atoms with van der Waals surface area (Å²) in [5, 5.41) is 0. The normalized spacial score (nSPS) is 30.5. The van der Waals surface area contributed by atoms with Gasteiger partial charge in [0.15, 0.2) is 0 Å². The Morgan fingerprint density at radius 3 is 2.31 bits per heavy atom. The molecule has 0 aromatic rings. The number of likely N-dealkylation sites (tertiary alicyclic amines) is 2. The van der Waals surface area contributed by atoms with Crippen LogP contribution in [0.4, 0.5) is 0 Å². The quantitative estimate of drug-likeness (QED) is 0.757. The Bertz CT molecular complexity index is 423. The Labute approximate surface area is 171 Å². The van der Waals surface area contributed by atoms with Gasteiger partial charge in [0, 0.05) is 25.2 Å². The Balaban J connectivity index is 0.00000169. The summed E-state index contributed by atoms with van der Waals surface area (Å²) >= 11 is 0. The first-order valence-electron chi connectivity index (χ1n) is 9.98. The van der Waals surface area contributed by atoms with Crippen LogP contribution in [-0.4, -0.2) is 66.7 Å². The molecule has 1 saturated carbocycles. The second-order valence-corrected chi connectivity index (χ2v) is 8.25. The summed E-state index contributed by atoms with van der Waals surface area (Å²) in [5.41, 5.74) is 6.08. The zero-order chi connectivity index (χ0) is 17.0. The third-order valence-corrected chi connectivity index (χ3v) is 6.27. The van der Waals surface area contributed by atoms with Crippen molar-refractivity contribution in [2.45, 2.75) is 69.9 Å². The van der Waals surface area contributed by atoms with Crippen molar-refractivity contribution >= 4 is 30.7 Å². The predicted molar refractivity (Wildman–Crippen MR) is 110 cm³/mol. The van der Waals surface area contributed by atoms with E-state index in [1.54, 1.807) is 0 Å². The molecule has 154 valence electrons. The molecule has 5 nitrogen and oxygen atoms in total. The molecule has 3 aliphatic rings. The molecule has 2 heterocycles. The average Bonchev–Trinajstić information content (AvgIpc) is 3.08. The van der Waals surface area contributed by atoms with Gasteiger partial charge in [-0.05, 0) is 58.5 Å². The highest BCUT2D eigenvalue weighted by molar-refractivity contribution is 5.85. The fourth-order valence-electron chi connectivity index (χ4n) is 4.58. The van der Waals surface area contributed by atoms with Crippen LogP contribution in [-0.2, 0) is 9.53 Å². The molecule has 3 fully saturated rings. The monoisotopic (exact) mass is 409 g/mol. The van der Waals surface area contributed by atoms with E-state index in [9.17, 15) is 4.79 Å². The summed E-state index contributed by atoms with van der Waals surface area (Å²) in [7, 11) is 0. The van der Waals surface area contributed by atoms with Crippen molar-refractivity contribution in [1.82, 2.24) is 9.80 Å². The lowest BCUT2D eigenvalue weighted by Crippen LogP contribution is -2.55. The number of piperidine rings is 1. The highest BCUT2D eigenvalue weighted by atomic mass is 35.5. The Kier molecular flexibility index (Phi) is 10.2. The van der Waals surface area contributed by atoms with E-state index in [0.717, 1.165) is 64.8 Å². The number of nitrogens with zero attached hydrogens (tertiary/aromatic N) is 2. The van der Waals surface area contributed by atoms with Crippen LogP contribution in [0.2, 0.25) is 0 Å². The van der Waals surface area contributed by atoms with Crippen LogP contribution < -0.4 is 5.73 Å². The molecule has 2 aliphatic heterocycles. The first kappa shape index (κ1) is 24.0. The van der Waals surface area contributed by atoms with Crippen LogP contribution in [0.5, 0.6) is 0 Å². The number of ether oxygens (including phenoxy) is 1. The maximum Gasteiger partial charge on any atom is 0.227 e. The smallest absolute Gasteiger partial charge is 0.227 e. The average molecular weight is 410 g/mol. The highest BCUT2D eigenvalue weighted by Gasteiger charge is 2.40. The number of carbonyl (C=O) groups is 1. The summed E-state index contributed by atoms with van der Waals surface area (Å²) in [4.78, 5) is 17.4. The lowest BCUT2D eigenvalue weighted by Gasteiger charge is -2.41. The fourth-order valence-corrected chi connectivity index (χ4v) is 4.58. The molecule has 2 unspecified atom stereocenters. The maximum absolute atomic E-state index is 12.9. The van der Waals surface area contributed by atoms with Gasteiger partial charge in [-0.15, -0.1) is 24.8 Å². The summed E-state index contributed by atoms with van der Waals surface area (Å²) in [6.45, 7) is 8.09. The second-order valence-electron chi connectivity index (χ2n) is 8.25. The molecule has 26 heavy (non-hydrogen) atoms. The van der Waals surface area contributed by atoms with Crippen LogP contribution in [0.15, 0.2) is 0 Å². The molecule has 0 radical (unpaired) electrons. The maximum atomic E-state index is 12.9. The van der Waals surface area contributed by atoms with Gasteiger partial charge in [-0.3, -0.25) is 4.79 Å². The van der Waals surface area contributed by atoms with Gasteiger partial charge in [0.05, 0.1) is 18.6 Å². The standard InChI is InChI=1S/C19H35N3O2.2ClH/c1-19(20)9-3-2-6-17(19)18(23)22-12-7-16(8-13-22)24-15-14-21-10-4-5-11-21;;/h16-17H,2-15,20H2,1H3;2*1H. The van der Waals surface area contributed by atoms with Crippen molar-refractivity contribution in [2.24, 2.45) is 11.7 Å². The molecule has 2 atom stereocenters. The van der Waals surface area contributed by atoms with Gasteiger partial charge in [0.2, 0.25) is 5.91 Å². The minimum Gasteiger partial charge on any atom is -0.377 e. The van der Waals surface area contributed by atoms with E-state index in [-0.39, 0.29) is 42.2 Å². The topological polar surface area (TPSA) is 58.8 Å². The zero-order valence-corrected chi connectivity index (χ0v) is 17.8. The summed E-state index contributed by atoms with van der Waals surface area (Å²) < 4.78 is 6.06. The number of hydrogen-bond acceptors (Lipinski definition) is 4. The van der Waals surface area contributed by atoms with E-state index < -0.39 is 0 Å². The van der Waals surface area contributed by atoms with E-state index >= 15 is 0 Å². The molecule has 7 heteroatoms. The van der Waals surface area contributed by atoms with Gasteiger partial charge in [-0.25, -0.2) is 0 Å². The summed E-state index contributed by atoms with van der Waals surface area (Å²) in [5.74, 6) is 0.300. The van der Waals surface area contributed by atoms with Gasteiger partial charge >= 0.3 is 0 Å². The number of halogens is 2. The van der Waals surface area contributed by atoms with Crippen LogP contribution in [0, 0.1) is 5.92 Å². The first-order chi connectivity index (χ1) is 11.6. The molecule has 2 N–H and O–H groups in total. The Morgan fingerprint density at radius 1 is 1.04 bits per heavy atom. The van der Waals surface area contributed by atoms with Gasteiger partial charge in [0.1, 0.15) is 0 Å². The van der Waals surface area contributed by atoms with Crippen LogP contribution in [0.25, 0.3) is 0 Å². The minimum absolute atomic E-state index is 0. The van der Waals surface area contributed by atoms with Crippen molar-refractivity contribution in [3.63, 3.8) is 0 Å². The molecule has 0 aromatic heterocycles. The second kappa shape index (κ2) is 11.1. The van der Waals surface area contributed by atoms with Crippen LogP contribution in [0.3, 0.4) is 0 Å². The third kappa shape index (κ3) is 6.23. The third-order valence-electron chi connectivity index (χ3n) is 6.27. The lowest BCUT2D eigenvalue weighted by atomic mass is 9.74. The van der Waals surface area contributed by atoms with E-state index in [1.165, 1.54) is 25.9 Å². The summed E-state index contributed by atoms with van der Waals surface area (Å²) in [6.07, 6.45) is 9.16. The molecule has 0 bridgehead atoms. The highest BCUT2D eigenvalue weighted by Crippen LogP contribution is 2.33. The number of rotatable bonds is 5. The van der Waals surface area contributed by atoms with Gasteiger partial charge in [0.25, 0.3) is 0 Å². The van der Waals surface area contributed by atoms with E-state index in [2.05, 4.69) is 11.8 Å². The van der Waals surface area contributed by atoms with Gasteiger partial charge < -0.3 is 20.3 Å². The van der Waals surface area contributed by atoms with E-state index in [1.807, 2.05) is 4.90 Å². The number of nitrogens with two attached hydrogens (primary N) is 1. The van der Waals surface area contributed by atoms with Crippen LogP contribution in [0.1, 0.15) is 58.3 Å². The molecule has 1 amide bonds. The molecule has 1 aliphatic carbocycles. The van der Waals surface area contributed by atoms with Crippen molar-refractivity contribution < 1.29 is 9.53 Å². The molecule has 0 aromatic carbocycles. The number of hydrogen-bond donors (Lipinski definition) is 1. The summed E-state index contributed by atoms with van der Waals surface area (Å²) in [6, 6.07) is 0. The predicted octanol–water partition coefficient (Wildman–Crippen LogP) is 2.84. The minimum atomic E-state index is -0.321. The van der Waals surface area contributed by atoms with Crippen molar-refractivity contribution in [1.29, 1.82) is 0 Å². The molecular weight excluding hydrogens is 373 g/mol. The number of carbonyl (C=O) groups excluding carboxylic acids is 1. The lowest BCUT2D eigenvalue weighted by molar-refractivity contribution is -0.141. The van der Waals surface area contributed by atoms with Crippen molar-refractivity contribution in [3.8, 4) is 0 Å². The largest absolute Gasteiger partial charge is 0.377 e.